The van der Waals surface area contributed by atoms with Gasteiger partial charge in [-0.25, -0.2) is 18.4 Å². The van der Waals surface area contributed by atoms with E-state index in [4.69, 9.17) is 14.6 Å². The summed E-state index contributed by atoms with van der Waals surface area (Å²) in [6, 6.07) is 1.33. The van der Waals surface area contributed by atoms with Crippen LogP contribution in [0.3, 0.4) is 0 Å². The number of carboxylic acids is 1. The summed E-state index contributed by atoms with van der Waals surface area (Å²) in [6.45, 7) is 1.41. The first-order valence-electron chi connectivity index (χ1n) is 7.55. The number of anilines is 1. The second-order valence-corrected chi connectivity index (χ2v) is 7.16. The fourth-order valence-electron chi connectivity index (χ4n) is 2.36. The van der Waals surface area contributed by atoms with Crippen molar-refractivity contribution in [2.75, 3.05) is 19.5 Å². The van der Waals surface area contributed by atoms with Crippen molar-refractivity contribution in [2.24, 2.45) is 12.2 Å². The Morgan fingerprint density at radius 1 is 1.25 bits per heavy atom. The highest BCUT2D eigenvalue weighted by atomic mass is 32.2. The van der Waals surface area contributed by atoms with Crippen molar-refractivity contribution >= 4 is 27.8 Å². The fourth-order valence-corrected chi connectivity index (χ4v) is 3.19. The number of hydrogen-bond acceptors (Lipinski definition) is 9. The van der Waals surface area contributed by atoms with Crippen LogP contribution in [0, 0.1) is 6.92 Å². The van der Waals surface area contributed by atoms with Crippen molar-refractivity contribution in [2.45, 2.75) is 12.2 Å². The number of aromatic nitrogens is 4. The van der Waals surface area contributed by atoms with Crippen LogP contribution in [0.25, 0.3) is 0 Å². The molecule has 152 valence electrons. The summed E-state index contributed by atoms with van der Waals surface area (Å²) in [6.07, 6.45) is 0. The van der Waals surface area contributed by atoms with Crippen molar-refractivity contribution in [1.82, 2.24) is 19.7 Å². The maximum Gasteiger partial charge on any atom is 0.339 e. The standard InChI is InChI=1S/C14H18N6O7S/c1-6-9(13(22)23)10(19-20(6)2)11(28(15,24)25)12(21)18-14-16-7(26-3)5-8(17-14)27-4/h5,11H,1-4H3,(H,22,23)(H2,15,24,25)(H,16,17,18,21). The molecule has 0 aliphatic rings. The SMILES string of the molecule is COc1cc(OC)nc(NC(=O)C(c2nn(C)c(C)c2C(=O)O)S(N)(=O)=O)n1. The lowest BCUT2D eigenvalue weighted by molar-refractivity contribution is -0.116. The van der Waals surface area contributed by atoms with Gasteiger partial charge in [0.25, 0.3) is 5.91 Å². The number of carboxylic acid groups (broad SMARTS) is 1. The van der Waals surface area contributed by atoms with Crippen molar-refractivity contribution in [1.29, 1.82) is 0 Å². The van der Waals surface area contributed by atoms with Gasteiger partial charge in [0.1, 0.15) is 11.3 Å². The van der Waals surface area contributed by atoms with Crippen molar-refractivity contribution < 1.29 is 32.6 Å². The molecule has 1 amide bonds. The number of methoxy groups -OCH3 is 2. The van der Waals surface area contributed by atoms with E-state index in [1.165, 1.54) is 34.3 Å². The van der Waals surface area contributed by atoms with Crippen LogP contribution in [0.15, 0.2) is 6.07 Å². The molecule has 2 aromatic rings. The number of nitrogens with two attached hydrogens (primary N) is 1. The Balaban J connectivity index is 2.54. The van der Waals surface area contributed by atoms with Crippen LogP contribution < -0.4 is 19.9 Å². The molecule has 1 unspecified atom stereocenters. The molecule has 2 aromatic heterocycles. The van der Waals surface area contributed by atoms with Gasteiger partial charge in [-0.2, -0.15) is 15.1 Å². The van der Waals surface area contributed by atoms with Gasteiger partial charge in [0, 0.05) is 12.7 Å². The van der Waals surface area contributed by atoms with Gasteiger partial charge in [-0.1, -0.05) is 0 Å². The molecule has 14 heteroatoms. The van der Waals surface area contributed by atoms with E-state index in [1.54, 1.807) is 0 Å². The molecule has 0 spiro atoms. The van der Waals surface area contributed by atoms with Crippen LogP contribution in [-0.2, 0) is 21.9 Å². The minimum absolute atomic E-state index is 0.0363. The van der Waals surface area contributed by atoms with Gasteiger partial charge in [-0.05, 0) is 6.92 Å². The van der Waals surface area contributed by atoms with E-state index in [-0.39, 0.29) is 23.4 Å². The Morgan fingerprint density at radius 2 is 1.79 bits per heavy atom. The summed E-state index contributed by atoms with van der Waals surface area (Å²) >= 11 is 0. The molecule has 0 aliphatic carbocycles. The summed E-state index contributed by atoms with van der Waals surface area (Å²) in [5.41, 5.74) is -0.827. The van der Waals surface area contributed by atoms with Crippen LogP contribution in [0.4, 0.5) is 5.95 Å². The highest BCUT2D eigenvalue weighted by Gasteiger charge is 2.39. The van der Waals surface area contributed by atoms with Crippen LogP contribution in [0.2, 0.25) is 0 Å². The summed E-state index contributed by atoms with van der Waals surface area (Å²) in [5.74, 6) is -2.91. The predicted molar refractivity (Wildman–Crippen MR) is 94.5 cm³/mol. The minimum Gasteiger partial charge on any atom is -0.481 e. The number of carbonyl (C=O) groups is 2. The summed E-state index contributed by atoms with van der Waals surface area (Å²) in [4.78, 5) is 31.9. The average Bonchev–Trinajstić information content (AvgIpc) is 2.87. The van der Waals surface area contributed by atoms with Crippen molar-refractivity contribution in [3.8, 4) is 11.8 Å². The highest BCUT2D eigenvalue weighted by molar-refractivity contribution is 7.90. The highest BCUT2D eigenvalue weighted by Crippen LogP contribution is 2.27. The third-order valence-electron chi connectivity index (χ3n) is 3.72. The first-order chi connectivity index (χ1) is 13.0. The molecule has 0 bridgehead atoms. The number of nitrogens with one attached hydrogen (secondary N) is 1. The van der Waals surface area contributed by atoms with Crippen molar-refractivity contribution in [3.63, 3.8) is 0 Å². The number of ether oxygens (including phenoxy) is 2. The molecule has 0 aromatic carbocycles. The zero-order chi connectivity index (χ0) is 21.2. The topological polar surface area (TPSA) is 189 Å². The second-order valence-electron chi connectivity index (χ2n) is 5.51. The van der Waals surface area contributed by atoms with Gasteiger partial charge in [0.2, 0.25) is 27.7 Å². The number of primary sulfonamides is 1. The molecule has 0 saturated carbocycles. The monoisotopic (exact) mass is 414 g/mol. The normalized spacial score (nSPS) is 12.3. The Labute approximate surface area is 159 Å². The zero-order valence-electron chi connectivity index (χ0n) is 15.3. The molecular formula is C14H18N6O7S. The predicted octanol–water partition coefficient (Wildman–Crippen LogP) is -0.798. The van der Waals surface area contributed by atoms with Crippen LogP contribution in [-0.4, -0.2) is 59.4 Å². The number of carbonyl (C=O) groups excluding carboxylic acids is 1. The maximum atomic E-state index is 12.7. The van der Waals surface area contributed by atoms with E-state index < -0.39 is 38.4 Å². The van der Waals surface area contributed by atoms with E-state index in [9.17, 15) is 23.1 Å². The Kier molecular flexibility index (Phi) is 5.84. The number of sulfonamides is 1. The van der Waals surface area contributed by atoms with Gasteiger partial charge in [0.15, 0.2) is 5.25 Å². The molecule has 0 fully saturated rings. The largest absolute Gasteiger partial charge is 0.481 e. The lowest BCUT2D eigenvalue weighted by Crippen LogP contribution is -2.34. The molecule has 0 radical (unpaired) electrons. The lowest BCUT2D eigenvalue weighted by atomic mass is 10.1. The second kappa shape index (κ2) is 7.77. The molecule has 13 nitrogen and oxygen atoms in total. The minimum atomic E-state index is -4.60. The number of aryl methyl sites for hydroxylation is 1. The Morgan fingerprint density at radius 3 is 2.21 bits per heavy atom. The summed E-state index contributed by atoms with van der Waals surface area (Å²) in [5, 5.41) is 18.5. The fraction of sp³-hybridized carbons (Fsp3) is 0.357. The third-order valence-corrected chi connectivity index (χ3v) is 4.82. The lowest BCUT2D eigenvalue weighted by Gasteiger charge is -2.14. The first kappa shape index (κ1) is 21.0. The molecule has 2 rings (SSSR count). The smallest absolute Gasteiger partial charge is 0.339 e. The first-order valence-corrected chi connectivity index (χ1v) is 9.16. The molecule has 0 aliphatic heterocycles. The molecular weight excluding hydrogens is 396 g/mol. The summed E-state index contributed by atoms with van der Waals surface area (Å²) < 4.78 is 35.2. The number of amides is 1. The van der Waals surface area contributed by atoms with Crippen molar-refractivity contribution in [3.05, 3.63) is 23.0 Å². The Bertz CT molecular complexity index is 1010. The van der Waals surface area contributed by atoms with Gasteiger partial charge in [-0.3, -0.25) is 14.8 Å². The van der Waals surface area contributed by atoms with E-state index in [0.29, 0.717) is 0 Å². The number of nitrogens with zero attached hydrogens (tertiary/aromatic N) is 4. The number of hydrogen-bond donors (Lipinski definition) is 3. The van der Waals surface area contributed by atoms with E-state index >= 15 is 0 Å². The molecule has 2 heterocycles. The van der Waals surface area contributed by atoms with Gasteiger partial charge in [0.05, 0.1) is 20.3 Å². The Hall–Kier alpha value is -3.26. The van der Waals surface area contributed by atoms with Crippen LogP contribution >= 0.6 is 0 Å². The van der Waals surface area contributed by atoms with Gasteiger partial charge in [-0.15, -0.1) is 0 Å². The number of aromatic carboxylic acids is 1. The molecule has 1 atom stereocenters. The van der Waals surface area contributed by atoms with Crippen LogP contribution in [0.1, 0.15) is 27.0 Å². The van der Waals surface area contributed by atoms with E-state index in [2.05, 4.69) is 20.4 Å². The molecule has 0 saturated heterocycles. The molecule has 28 heavy (non-hydrogen) atoms. The average molecular weight is 414 g/mol. The van der Waals surface area contributed by atoms with Gasteiger partial charge < -0.3 is 14.6 Å². The summed E-state index contributed by atoms with van der Waals surface area (Å²) in [7, 11) is -0.564. The quantitative estimate of drug-likeness (QED) is 0.517. The number of rotatable bonds is 7. The maximum absolute atomic E-state index is 12.7. The third kappa shape index (κ3) is 4.17. The van der Waals surface area contributed by atoms with Crippen LogP contribution in [0.5, 0.6) is 11.8 Å². The van der Waals surface area contributed by atoms with E-state index in [0.717, 1.165) is 4.68 Å². The van der Waals surface area contributed by atoms with E-state index in [1.807, 2.05) is 0 Å². The van der Waals surface area contributed by atoms with Gasteiger partial charge >= 0.3 is 5.97 Å². The molecule has 4 N–H and O–H groups in total. The zero-order valence-corrected chi connectivity index (χ0v) is 16.1.